The fraction of sp³-hybridized carbons (Fsp3) is 0.750. The number of ether oxygens (including phenoxy) is 1. The quantitative estimate of drug-likeness (QED) is 0.621. The fourth-order valence-electron chi connectivity index (χ4n) is 1.37. The second kappa shape index (κ2) is 3.13. The molecule has 1 N–H and O–H groups in total. The molecule has 1 heterocycles. The van der Waals surface area contributed by atoms with E-state index >= 15 is 0 Å². The molecule has 68 valence electrons. The zero-order valence-electron chi connectivity index (χ0n) is 7.11. The standard InChI is InChI=1S/C8H12O4/c1-4-3-6(8(11)12-4)5(2)7(9)10/h4-6H,3H2,1-2H3,(H,9,10). The van der Waals surface area contributed by atoms with Crippen molar-refractivity contribution in [2.24, 2.45) is 11.8 Å². The summed E-state index contributed by atoms with van der Waals surface area (Å²) in [5, 5.41) is 8.64. The number of carboxylic acid groups (broad SMARTS) is 1. The van der Waals surface area contributed by atoms with Gasteiger partial charge in [0.15, 0.2) is 0 Å². The number of carboxylic acids is 1. The van der Waals surface area contributed by atoms with Crippen LogP contribution < -0.4 is 0 Å². The van der Waals surface area contributed by atoms with Crippen LogP contribution in [0.5, 0.6) is 0 Å². The second-order valence-electron chi connectivity index (χ2n) is 3.22. The number of esters is 1. The number of hydrogen-bond acceptors (Lipinski definition) is 3. The van der Waals surface area contributed by atoms with E-state index in [4.69, 9.17) is 9.84 Å². The van der Waals surface area contributed by atoms with Gasteiger partial charge in [-0.05, 0) is 13.3 Å². The number of aliphatic carboxylic acids is 1. The van der Waals surface area contributed by atoms with Gasteiger partial charge in [-0.1, -0.05) is 6.92 Å². The summed E-state index contributed by atoms with van der Waals surface area (Å²) in [6.45, 7) is 3.30. The maximum Gasteiger partial charge on any atom is 0.310 e. The summed E-state index contributed by atoms with van der Waals surface area (Å²) in [5.74, 6) is -2.41. The van der Waals surface area contributed by atoms with Crippen LogP contribution in [0, 0.1) is 11.8 Å². The number of cyclic esters (lactones) is 1. The molecule has 3 atom stereocenters. The fourth-order valence-corrected chi connectivity index (χ4v) is 1.37. The van der Waals surface area contributed by atoms with Gasteiger partial charge in [-0.3, -0.25) is 9.59 Å². The maximum absolute atomic E-state index is 11.0. The molecule has 1 aliphatic rings. The summed E-state index contributed by atoms with van der Waals surface area (Å²) in [7, 11) is 0. The largest absolute Gasteiger partial charge is 0.481 e. The highest BCUT2D eigenvalue weighted by Gasteiger charge is 2.38. The summed E-state index contributed by atoms with van der Waals surface area (Å²) in [6, 6.07) is 0. The van der Waals surface area contributed by atoms with Crippen molar-refractivity contribution in [2.45, 2.75) is 26.4 Å². The Hall–Kier alpha value is -1.06. The van der Waals surface area contributed by atoms with E-state index in [0.29, 0.717) is 6.42 Å². The average Bonchev–Trinajstić information content (AvgIpc) is 2.28. The molecule has 1 saturated heterocycles. The molecular weight excluding hydrogens is 160 g/mol. The smallest absolute Gasteiger partial charge is 0.310 e. The molecular formula is C8H12O4. The number of rotatable bonds is 2. The first-order chi connectivity index (χ1) is 5.52. The van der Waals surface area contributed by atoms with Gasteiger partial charge >= 0.3 is 11.9 Å². The van der Waals surface area contributed by atoms with Gasteiger partial charge < -0.3 is 9.84 Å². The molecule has 0 radical (unpaired) electrons. The van der Waals surface area contributed by atoms with E-state index in [2.05, 4.69) is 0 Å². The Morgan fingerprint density at radius 3 is 2.67 bits per heavy atom. The van der Waals surface area contributed by atoms with Gasteiger partial charge in [0.1, 0.15) is 0 Å². The number of carbonyl (C=O) groups is 2. The van der Waals surface area contributed by atoms with Crippen LogP contribution in [-0.4, -0.2) is 23.1 Å². The van der Waals surface area contributed by atoms with Crippen molar-refractivity contribution in [1.82, 2.24) is 0 Å². The van der Waals surface area contributed by atoms with Crippen molar-refractivity contribution >= 4 is 11.9 Å². The van der Waals surface area contributed by atoms with Crippen molar-refractivity contribution in [3.8, 4) is 0 Å². The van der Waals surface area contributed by atoms with E-state index in [0.717, 1.165) is 0 Å². The number of hydrogen-bond donors (Lipinski definition) is 1. The molecule has 0 aliphatic carbocycles. The normalized spacial score (nSPS) is 31.3. The second-order valence-corrected chi connectivity index (χ2v) is 3.22. The summed E-state index contributed by atoms with van der Waals surface area (Å²) < 4.78 is 4.84. The lowest BCUT2D eigenvalue weighted by molar-refractivity contribution is -0.151. The van der Waals surface area contributed by atoms with Crippen LogP contribution >= 0.6 is 0 Å². The van der Waals surface area contributed by atoms with Gasteiger partial charge in [0.25, 0.3) is 0 Å². The monoisotopic (exact) mass is 172 g/mol. The maximum atomic E-state index is 11.0. The Morgan fingerprint density at radius 2 is 2.33 bits per heavy atom. The van der Waals surface area contributed by atoms with E-state index in [9.17, 15) is 9.59 Å². The van der Waals surface area contributed by atoms with E-state index in [1.807, 2.05) is 0 Å². The minimum atomic E-state index is -0.939. The molecule has 0 bridgehead atoms. The van der Waals surface area contributed by atoms with E-state index in [-0.39, 0.29) is 12.1 Å². The molecule has 0 aromatic heterocycles. The third-order valence-corrected chi connectivity index (χ3v) is 2.20. The van der Waals surface area contributed by atoms with Gasteiger partial charge in [0.05, 0.1) is 17.9 Å². The van der Waals surface area contributed by atoms with Crippen LogP contribution in [0.1, 0.15) is 20.3 Å². The van der Waals surface area contributed by atoms with Gasteiger partial charge in [0, 0.05) is 0 Å². The van der Waals surface area contributed by atoms with Crippen LogP contribution in [-0.2, 0) is 14.3 Å². The molecule has 1 fully saturated rings. The highest BCUT2D eigenvalue weighted by atomic mass is 16.5. The highest BCUT2D eigenvalue weighted by molar-refractivity contribution is 5.82. The van der Waals surface area contributed by atoms with Gasteiger partial charge in [-0.2, -0.15) is 0 Å². The third kappa shape index (κ3) is 1.57. The van der Waals surface area contributed by atoms with Crippen LogP contribution in [0.2, 0.25) is 0 Å². The van der Waals surface area contributed by atoms with Crippen LogP contribution in [0.3, 0.4) is 0 Å². The summed E-state index contributed by atoms with van der Waals surface area (Å²) in [6.07, 6.45) is 0.385. The lowest BCUT2D eigenvalue weighted by Gasteiger charge is -2.09. The molecule has 12 heavy (non-hydrogen) atoms. The Kier molecular flexibility index (Phi) is 2.35. The van der Waals surface area contributed by atoms with Gasteiger partial charge in [-0.15, -0.1) is 0 Å². The van der Waals surface area contributed by atoms with Gasteiger partial charge in [-0.25, -0.2) is 0 Å². The molecule has 0 saturated carbocycles. The lowest BCUT2D eigenvalue weighted by atomic mass is 9.91. The van der Waals surface area contributed by atoms with Crippen LogP contribution in [0.4, 0.5) is 0 Å². The van der Waals surface area contributed by atoms with Crippen molar-refractivity contribution in [2.75, 3.05) is 0 Å². The summed E-state index contributed by atoms with van der Waals surface area (Å²) >= 11 is 0. The lowest BCUT2D eigenvalue weighted by Crippen LogP contribution is -2.23. The molecule has 1 rings (SSSR count). The van der Waals surface area contributed by atoms with Crippen molar-refractivity contribution in [1.29, 1.82) is 0 Å². The zero-order chi connectivity index (χ0) is 9.30. The zero-order valence-corrected chi connectivity index (χ0v) is 7.11. The van der Waals surface area contributed by atoms with Crippen molar-refractivity contribution in [3.05, 3.63) is 0 Å². The summed E-state index contributed by atoms with van der Waals surface area (Å²) in [4.78, 5) is 21.6. The minimum Gasteiger partial charge on any atom is -0.481 e. The van der Waals surface area contributed by atoms with Gasteiger partial charge in [0.2, 0.25) is 0 Å². The highest BCUT2D eigenvalue weighted by Crippen LogP contribution is 2.27. The topological polar surface area (TPSA) is 63.6 Å². The first kappa shape index (κ1) is 9.03. The Balaban J connectivity index is 2.64. The molecule has 4 heteroatoms. The van der Waals surface area contributed by atoms with Crippen LogP contribution in [0.15, 0.2) is 0 Å². The van der Waals surface area contributed by atoms with E-state index < -0.39 is 17.8 Å². The summed E-state index contributed by atoms with van der Waals surface area (Å²) in [5.41, 5.74) is 0. The van der Waals surface area contributed by atoms with Crippen molar-refractivity contribution in [3.63, 3.8) is 0 Å². The van der Waals surface area contributed by atoms with E-state index in [1.165, 1.54) is 6.92 Å². The molecule has 0 aromatic rings. The molecule has 0 amide bonds. The molecule has 0 aromatic carbocycles. The third-order valence-electron chi connectivity index (χ3n) is 2.20. The minimum absolute atomic E-state index is 0.135. The van der Waals surface area contributed by atoms with Crippen LogP contribution in [0.25, 0.3) is 0 Å². The first-order valence-electron chi connectivity index (χ1n) is 3.95. The number of carbonyl (C=O) groups excluding carboxylic acids is 1. The molecule has 0 spiro atoms. The molecule has 1 aliphatic heterocycles. The molecule has 4 nitrogen and oxygen atoms in total. The average molecular weight is 172 g/mol. The predicted molar refractivity (Wildman–Crippen MR) is 40.5 cm³/mol. The van der Waals surface area contributed by atoms with E-state index in [1.54, 1.807) is 6.92 Å². The predicted octanol–water partition coefficient (Wildman–Crippen LogP) is 0.659. The SMILES string of the molecule is CC1CC(C(C)C(=O)O)C(=O)O1. The Bertz CT molecular complexity index is 211. The Labute approximate surface area is 70.5 Å². The first-order valence-corrected chi connectivity index (χ1v) is 3.95. The molecule has 3 unspecified atom stereocenters. The Morgan fingerprint density at radius 1 is 1.75 bits per heavy atom. The van der Waals surface area contributed by atoms with Crippen molar-refractivity contribution < 1.29 is 19.4 Å².